The number of nitro groups is 1. The highest BCUT2D eigenvalue weighted by Crippen LogP contribution is 2.33. The SMILES string of the molecule is CC(C)NS(=O)(=O)c1ccc(N2CC=C(c3ccccc3)CC2)c([N+](=O)[O-])c1. The maximum atomic E-state index is 12.3. The number of anilines is 1. The normalized spacial score (nSPS) is 14.8. The summed E-state index contributed by atoms with van der Waals surface area (Å²) in [4.78, 5) is 12.9. The number of sulfonamides is 1. The lowest BCUT2D eigenvalue weighted by molar-refractivity contribution is -0.384. The average Bonchev–Trinajstić information content (AvgIpc) is 2.67. The van der Waals surface area contributed by atoms with Crippen molar-refractivity contribution >= 4 is 27.0 Å². The highest BCUT2D eigenvalue weighted by Gasteiger charge is 2.25. The van der Waals surface area contributed by atoms with Crippen molar-refractivity contribution in [3.8, 4) is 0 Å². The number of hydrogen-bond acceptors (Lipinski definition) is 5. The third-order valence-corrected chi connectivity index (χ3v) is 6.20. The Kier molecular flexibility index (Phi) is 5.81. The van der Waals surface area contributed by atoms with Gasteiger partial charge in [-0.2, -0.15) is 0 Å². The first-order valence-electron chi connectivity index (χ1n) is 9.08. The monoisotopic (exact) mass is 401 g/mol. The van der Waals surface area contributed by atoms with Crippen molar-refractivity contribution in [2.75, 3.05) is 18.0 Å². The Labute approximate surface area is 164 Å². The average molecular weight is 401 g/mol. The van der Waals surface area contributed by atoms with Gasteiger partial charge in [-0.25, -0.2) is 13.1 Å². The molecule has 0 unspecified atom stereocenters. The van der Waals surface area contributed by atoms with Gasteiger partial charge in [-0.05, 0) is 43.5 Å². The second kappa shape index (κ2) is 8.12. The Balaban J connectivity index is 1.89. The molecule has 2 aromatic carbocycles. The molecule has 8 heteroatoms. The summed E-state index contributed by atoms with van der Waals surface area (Å²) in [5.74, 6) is 0. The van der Waals surface area contributed by atoms with E-state index < -0.39 is 14.9 Å². The molecule has 1 aliphatic heterocycles. The summed E-state index contributed by atoms with van der Waals surface area (Å²) >= 11 is 0. The van der Waals surface area contributed by atoms with Crippen LogP contribution < -0.4 is 9.62 Å². The van der Waals surface area contributed by atoms with E-state index in [-0.39, 0.29) is 16.6 Å². The number of nitro benzene ring substituents is 1. The van der Waals surface area contributed by atoms with E-state index in [0.29, 0.717) is 18.8 Å². The van der Waals surface area contributed by atoms with Crippen molar-refractivity contribution in [2.45, 2.75) is 31.2 Å². The van der Waals surface area contributed by atoms with Crippen LogP contribution >= 0.6 is 0 Å². The minimum absolute atomic E-state index is 0.103. The van der Waals surface area contributed by atoms with Gasteiger partial charge in [0.2, 0.25) is 10.0 Å². The Morgan fingerprint density at radius 1 is 1.14 bits per heavy atom. The topological polar surface area (TPSA) is 92.6 Å². The Bertz CT molecular complexity index is 1000. The van der Waals surface area contributed by atoms with E-state index in [1.54, 1.807) is 13.8 Å². The molecule has 2 aromatic rings. The Morgan fingerprint density at radius 3 is 2.43 bits per heavy atom. The van der Waals surface area contributed by atoms with Gasteiger partial charge in [-0.1, -0.05) is 36.4 Å². The summed E-state index contributed by atoms with van der Waals surface area (Å²) in [6.07, 6.45) is 2.82. The summed E-state index contributed by atoms with van der Waals surface area (Å²) in [5.41, 5.74) is 2.58. The van der Waals surface area contributed by atoms with Crippen LogP contribution in [0.4, 0.5) is 11.4 Å². The fourth-order valence-corrected chi connectivity index (χ4v) is 4.54. The van der Waals surface area contributed by atoms with Crippen LogP contribution in [-0.4, -0.2) is 32.5 Å². The fourth-order valence-electron chi connectivity index (χ4n) is 3.26. The van der Waals surface area contributed by atoms with Crippen LogP contribution in [0.15, 0.2) is 59.5 Å². The molecular formula is C20H23N3O4S. The largest absolute Gasteiger partial charge is 0.362 e. The summed E-state index contributed by atoms with van der Waals surface area (Å²) in [6, 6.07) is 13.8. The molecule has 0 fully saturated rings. The van der Waals surface area contributed by atoms with Gasteiger partial charge in [0.05, 0.1) is 9.82 Å². The molecule has 1 heterocycles. The number of nitrogens with one attached hydrogen (secondary N) is 1. The van der Waals surface area contributed by atoms with E-state index in [0.717, 1.165) is 18.1 Å². The smallest absolute Gasteiger partial charge is 0.293 e. The Hall–Kier alpha value is -2.71. The molecule has 0 amide bonds. The van der Waals surface area contributed by atoms with Crippen LogP contribution in [0.5, 0.6) is 0 Å². The lowest BCUT2D eigenvalue weighted by Crippen LogP contribution is -2.31. The summed E-state index contributed by atoms with van der Waals surface area (Å²) in [7, 11) is -3.79. The first-order valence-corrected chi connectivity index (χ1v) is 10.6. The van der Waals surface area contributed by atoms with Crippen LogP contribution in [0, 0.1) is 10.1 Å². The molecule has 28 heavy (non-hydrogen) atoms. The maximum Gasteiger partial charge on any atom is 0.293 e. The molecule has 0 radical (unpaired) electrons. The first kappa shape index (κ1) is 20.0. The summed E-state index contributed by atoms with van der Waals surface area (Å²) in [5, 5.41) is 11.6. The fraction of sp³-hybridized carbons (Fsp3) is 0.300. The Morgan fingerprint density at radius 2 is 1.86 bits per heavy atom. The van der Waals surface area contributed by atoms with Gasteiger partial charge in [-0.3, -0.25) is 10.1 Å². The molecule has 148 valence electrons. The van der Waals surface area contributed by atoms with Gasteiger partial charge in [0, 0.05) is 25.2 Å². The molecule has 0 spiro atoms. The zero-order valence-corrected chi connectivity index (χ0v) is 16.6. The summed E-state index contributed by atoms with van der Waals surface area (Å²) < 4.78 is 27.1. The van der Waals surface area contributed by atoms with Crippen molar-refractivity contribution in [1.82, 2.24) is 4.72 Å². The van der Waals surface area contributed by atoms with E-state index >= 15 is 0 Å². The minimum atomic E-state index is -3.79. The highest BCUT2D eigenvalue weighted by atomic mass is 32.2. The molecule has 0 aliphatic carbocycles. The van der Waals surface area contributed by atoms with Crippen LogP contribution in [0.1, 0.15) is 25.8 Å². The molecular weight excluding hydrogens is 378 g/mol. The van der Waals surface area contributed by atoms with E-state index in [1.807, 2.05) is 35.2 Å². The van der Waals surface area contributed by atoms with E-state index in [1.165, 1.54) is 17.7 Å². The molecule has 3 rings (SSSR count). The van der Waals surface area contributed by atoms with Crippen molar-refractivity contribution in [2.24, 2.45) is 0 Å². The molecule has 7 nitrogen and oxygen atoms in total. The van der Waals surface area contributed by atoms with Gasteiger partial charge in [0.25, 0.3) is 5.69 Å². The van der Waals surface area contributed by atoms with Crippen molar-refractivity contribution < 1.29 is 13.3 Å². The third kappa shape index (κ3) is 4.40. The lowest BCUT2D eigenvalue weighted by Gasteiger charge is -2.28. The van der Waals surface area contributed by atoms with Gasteiger partial charge < -0.3 is 4.90 Å². The van der Waals surface area contributed by atoms with Crippen molar-refractivity contribution in [3.05, 3.63) is 70.3 Å². The number of nitrogens with zero attached hydrogens (tertiary/aromatic N) is 2. The zero-order valence-electron chi connectivity index (χ0n) is 15.8. The minimum Gasteiger partial charge on any atom is -0.362 e. The lowest BCUT2D eigenvalue weighted by atomic mass is 9.99. The molecule has 1 N–H and O–H groups in total. The van der Waals surface area contributed by atoms with Crippen LogP contribution in [0.2, 0.25) is 0 Å². The summed E-state index contributed by atoms with van der Waals surface area (Å²) in [6.45, 7) is 4.55. The number of rotatable bonds is 6. The third-order valence-electron chi connectivity index (χ3n) is 4.54. The second-order valence-corrected chi connectivity index (χ2v) is 8.69. The quantitative estimate of drug-likeness (QED) is 0.590. The van der Waals surface area contributed by atoms with Gasteiger partial charge in [0.1, 0.15) is 5.69 Å². The van der Waals surface area contributed by atoms with Crippen LogP contribution in [-0.2, 0) is 10.0 Å². The van der Waals surface area contributed by atoms with Gasteiger partial charge >= 0.3 is 0 Å². The van der Waals surface area contributed by atoms with E-state index in [9.17, 15) is 18.5 Å². The predicted octanol–water partition coefficient (Wildman–Crippen LogP) is 3.58. The molecule has 0 saturated carbocycles. The van der Waals surface area contributed by atoms with E-state index in [2.05, 4.69) is 10.8 Å². The number of hydrogen-bond donors (Lipinski definition) is 1. The van der Waals surface area contributed by atoms with Gasteiger partial charge in [-0.15, -0.1) is 0 Å². The zero-order chi connectivity index (χ0) is 20.3. The molecule has 0 bridgehead atoms. The van der Waals surface area contributed by atoms with Gasteiger partial charge in [0.15, 0.2) is 0 Å². The van der Waals surface area contributed by atoms with Crippen molar-refractivity contribution in [1.29, 1.82) is 0 Å². The maximum absolute atomic E-state index is 12.3. The van der Waals surface area contributed by atoms with E-state index in [4.69, 9.17) is 0 Å². The predicted molar refractivity (Wildman–Crippen MR) is 110 cm³/mol. The standard InChI is InChI=1S/C20H23N3O4S/c1-15(2)21-28(26,27)18-8-9-19(20(14-18)23(24)25)22-12-10-17(11-13-22)16-6-4-3-5-7-16/h3-10,14-15,21H,11-13H2,1-2H3. The van der Waals surface area contributed by atoms with Crippen LogP contribution in [0.3, 0.4) is 0 Å². The highest BCUT2D eigenvalue weighted by molar-refractivity contribution is 7.89. The first-order chi connectivity index (χ1) is 13.3. The molecule has 0 saturated heterocycles. The second-order valence-electron chi connectivity index (χ2n) is 6.98. The molecule has 0 atom stereocenters. The molecule has 0 aromatic heterocycles. The van der Waals surface area contributed by atoms with Crippen molar-refractivity contribution in [3.63, 3.8) is 0 Å². The molecule has 1 aliphatic rings. The number of benzene rings is 2. The van der Waals surface area contributed by atoms with Crippen LogP contribution in [0.25, 0.3) is 5.57 Å².